The van der Waals surface area contributed by atoms with Gasteiger partial charge in [0, 0.05) is 26.2 Å². The Bertz CT molecular complexity index is 617. The zero-order valence-electron chi connectivity index (χ0n) is 12.7. The summed E-state index contributed by atoms with van der Waals surface area (Å²) >= 11 is 0. The van der Waals surface area contributed by atoms with Crippen molar-refractivity contribution in [3.8, 4) is 11.1 Å². The predicted molar refractivity (Wildman–Crippen MR) is 85.1 cm³/mol. The molecule has 1 fully saturated rings. The Morgan fingerprint density at radius 2 is 1.39 bits per heavy atom. The molecule has 0 radical (unpaired) electrons. The smallest absolute Gasteiger partial charge is 0.314 e. The molecule has 0 unspecified atom stereocenters. The maximum Gasteiger partial charge on any atom is 0.408 e. The Morgan fingerprint density at radius 3 is 1.96 bits per heavy atom. The van der Waals surface area contributed by atoms with Gasteiger partial charge < -0.3 is 5.32 Å². The molecule has 5 heteroatoms. The highest BCUT2D eigenvalue weighted by molar-refractivity contribution is 5.63. The molecule has 1 atom stereocenters. The fraction of sp³-hybridized carbons (Fsp3) is 0.333. The fourth-order valence-electron chi connectivity index (χ4n) is 3.04. The molecular formula is C18H19F3N2. The van der Waals surface area contributed by atoms with Crippen molar-refractivity contribution in [3.63, 3.8) is 0 Å². The molecule has 1 N–H and O–H groups in total. The van der Waals surface area contributed by atoms with Gasteiger partial charge in [-0.2, -0.15) is 13.2 Å². The second kappa shape index (κ2) is 6.72. The summed E-state index contributed by atoms with van der Waals surface area (Å²) in [6.45, 7) is 2.00. The van der Waals surface area contributed by atoms with Gasteiger partial charge in [-0.1, -0.05) is 54.6 Å². The topological polar surface area (TPSA) is 15.3 Å². The van der Waals surface area contributed by atoms with Crippen molar-refractivity contribution in [1.29, 1.82) is 0 Å². The largest absolute Gasteiger partial charge is 0.408 e. The van der Waals surface area contributed by atoms with Gasteiger partial charge in [-0.3, -0.25) is 4.90 Å². The fourth-order valence-corrected chi connectivity index (χ4v) is 3.04. The Kier molecular flexibility index (Phi) is 4.68. The quantitative estimate of drug-likeness (QED) is 0.924. The highest BCUT2D eigenvalue weighted by Crippen LogP contribution is 2.38. The highest BCUT2D eigenvalue weighted by Gasteiger charge is 2.44. The number of benzene rings is 2. The molecule has 1 aliphatic heterocycles. The average Bonchev–Trinajstić information content (AvgIpc) is 2.56. The van der Waals surface area contributed by atoms with Crippen LogP contribution >= 0.6 is 0 Å². The summed E-state index contributed by atoms with van der Waals surface area (Å²) in [4.78, 5) is 1.51. The van der Waals surface area contributed by atoms with Gasteiger partial charge >= 0.3 is 6.18 Å². The molecule has 2 nitrogen and oxygen atoms in total. The van der Waals surface area contributed by atoms with Crippen LogP contribution < -0.4 is 5.32 Å². The van der Waals surface area contributed by atoms with E-state index in [0.717, 1.165) is 11.1 Å². The van der Waals surface area contributed by atoms with Gasteiger partial charge in [0.25, 0.3) is 0 Å². The molecule has 122 valence electrons. The van der Waals surface area contributed by atoms with E-state index >= 15 is 0 Å². The predicted octanol–water partition coefficient (Wildman–Crippen LogP) is 3.86. The first-order chi connectivity index (χ1) is 11.1. The van der Waals surface area contributed by atoms with Crippen LogP contribution in [0.4, 0.5) is 13.2 Å². The normalized spacial score (nSPS) is 17.9. The molecule has 2 aromatic rings. The zero-order chi connectivity index (χ0) is 16.3. The lowest BCUT2D eigenvalue weighted by molar-refractivity contribution is -0.187. The molecule has 0 aliphatic carbocycles. The monoisotopic (exact) mass is 320 g/mol. The van der Waals surface area contributed by atoms with Gasteiger partial charge in [0.15, 0.2) is 0 Å². The summed E-state index contributed by atoms with van der Waals surface area (Å²) in [6, 6.07) is 14.9. The number of hydrogen-bond acceptors (Lipinski definition) is 2. The molecule has 3 rings (SSSR count). The van der Waals surface area contributed by atoms with E-state index in [2.05, 4.69) is 5.32 Å². The molecule has 1 heterocycles. The van der Waals surface area contributed by atoms with Gasteiger partial charge in [0.05, 0.1) is 0 Å². The van der Waals surface area contributed by atoms with Crippen molar-refractivity contribution in [2.75, 3.05) is 26.2 Å². The molecular weight excluding hydrogens is 301 g/mol. The maximum atomic E-state index is 13.6. The molecule has 23 heavy (non-hydrogen) atoms. The van der Waals surface area contributed by atoms with Crippen LogP contribution in [0, 0.1) is 0 Å². The van der Waals surface area contributed by atoms with Gasteiger partial charge in [-0.15, -0.1) is 0 Å². The molecule has 0 amide bonds. The Hall–Kier alpha value is -1.85. The number of piperazine rings is 1. The van der Waals surface area contributed by atoms with E-state index < -0.39 is 12.2 Å². The number of nitrogens with one attached hydrogen (secondary N) is 1. The Morgan fingerprint density at radius 1 is 0.826 bits per heavy atom. The van der Waals surface area contributed by atoms with Crippen molar-refractivity contribution in [1.82, 2.24) is 10.2 Å². The van der Waals surface area contributed by atoms with E-state index in [-0.39, 0.29) is 0 Å². The third-order valence-electron chi connectivity index (χ3n) is 4.16. The van der Waals surface area contributed by atoms with Gasteiger partial charge in [0.1, 0.15) is 6.04 Å². The molecule has 0 aromatic heterocycles. The number of rotatable bonds is 3. The van der Waals surface area contributed by atoms with Crippen LogP contribution in [-0.4, -0.2) is 37.3 Å². The van der Waals surface area contributed by atoms with Crippen LogP contribution in [0.25, 0.3) is 11.1 Å². The summed E-state index contributed by atoms with van der Waals surface area (Å²) in [6.07, 6.45) is -4.27. The lowest BCUT2D eigenvalue weighted by Gasteiger charge is -2.36. The van der Waals surface area contributed by atoms with E-state index in [0.29, 0.717) is 31.7 Å². The summed E-state index contributed by atoms with van der Waals surface area (Å²) in [5, 5.41) is 3.09. The van der Waals surface area contributed by atoms with Crippen LogP contribution in [0.3, 0.4) is 0 Å². The second-order valence-corrected chi connectivity index (χ2v) is 5.72. The van der Waals surface area contributed by atoms with Crippen molar-refractivity contribution < 1.29 is 13.2 Å². The van der Waals surface area contributed by atoms with Crippen LogP contribution in [0.2, 0.25) is 0 Å². The Balaban J connectivity index is 1.88. The number of halogens is 3. The number of hydrogen-bond donors (Lipinski definition) is 1. The molecule has 0 bridgehead atoms. The lowest BCUT2D eigenvalue weighted by Crippen LogP contribution is -2.49. The highest BCUT2D eigenvalue weighted by atomic mass is 19.4. The van der Waals surface area contributed by atoms with Crippen molar-refractivity contribution in [2.24, 2.45) is 0 Å². The van der Waals surface area contributed by atoms with Gasteiger partial charge in [-0.25, -0.2) is 0 Å². The summed E-state index contributed by atoms with van der Waals surface area (Å²) in [5.74, 6) is 0. The molecule has 1 saturated heterocycles. The van der Waals surface area contributed by atoms with E-state index in [1.54, 1.807) is 24.3 Å². The Labute approximate surface area is 133 Å². The van der Waals surface area contributed by atoms with E-state index in [1.165, 1.54) is 4.90 Å². The first-order valence-corrected chi connectivity index (χ1v) is 7.72. The van der Waals surface area contributed by atoms with E-state index in [9.17, 15) is 13.2 Å². The van der Waals surface area contributed by atoms with Crippen molar-refractivity contribution >= 4 is 0 Å². The van der Waals surface area contributed by atoms with Crippen LogP contribution in [0.1, 0.15) is 11.6 Å². The second-order valence-electron chi connectivity index (χ2n) is 5.72. The summed E-state index contributed by atoms with van der Waals surface area (Å²) in [7, 11) is 0. The van der Waals surface area contributed by atoms with Crippen LogP contribution in [-0.2, 0) is 0 Å². The lowest BCUT2D eigenvalue weighted by atomic mass is 9.99. The van der Waals surface area contributed by atoms with Crippen molar-refractivity contribution in [2.45, 2.75) is 12.2 Å². The molecule has 0 spiro atoms. The average molecular weight is 320 g/mol. The molecule has 0 saturated carbocycles. The standard InChI is InChI=1S/C18H19F3N2/c19-18(20,21)17(23-12-10-22-11-13-23)16-8-6-15(7-9-16)14-4-2-1-3-5-14/h1-9,17,22H,10-13H2/t17-/m1/s1. The third kappa shape index (κ3) is 3.74. The first kappa shape index (κ1) is 16.0. The van der Waals surface area contributed by atoms with Gasteiger partial charge in [0.2, 0.25) is 0 Å². The minimum Gasteiger partial charge on any atom is -0.314 e. The minimum absolute atomic E-state index is 0.305. The third-order valence-corrected chi connectivity index (χ3v) is 4.16. The summed E-state index contributed by atoms with van der Waals surface area (Å²) < 4.78 is 40.7. The number of alkyl halides is 3. The van der Waals surface area contributed by atoms with E-state index in [4.69, 9.17) is 0 Å². The maximum absolute atomic E-state index is 13.6. The van der Waals surface area contributed by atoms with Crippen LogP contribution in [0.15, 0.2) is 54.6 Å². The SMILES string of the molecule is FC(F)(F)[C@@H](c1ccc(-c2ccccc2)cc1)N1CCNCC1. The molecule has 1 aliphatic rings. The first-order valence-electron chi connectivity index (χ1n) is 7.72. The number of nitrogens with zero attached hydrogens (tertiary/aromatic N) is 1. The van der Waals surface area contributed by atoms with Crippen LogP contribution in [0.5, 0.6) is 0 Å². The zero-order valence-corrected chi connectivity index (χ0v) is 12.7. The summed E-state index contributed by atoms with van der Waals surface area (Å²) in [5.41, 5.74) is 2.24. The molecule has 2 aromatic carbocycles. The minimum atomic E-state index is -4.27. The van der Waals surface area contributed by atoms with E-state index in [1.807, 2.05) is 30.3 Å². The van der Waals surface area contributed by atoms with Crippen molar-refractivity contribution in [3.05, 3.63) is 60.2 Å². The van der Waals surface area contributed by atoms with Gasteiger partial charge in [-0.05, 0) is 16.7 Å².